The van der Waals surface area contributed by atoms with Gasteiger partial charge in [-0.05, 0) is 41.9 Å². The molecule has 0 aliphatic heterocycles. The number of rotatable bonds is 5. The molecule has 1 aliphatic carbocycles. The second-order valence-corrected chi connectivity index (χ2v) is 10.2. The number of H-pyrrole nitrogens is 1. The van der Waals surface area contributed by atoms with Crippen LogP contribution in [0.3, 0.4) is 0 Å². The molecule has 0 amide bonds. The third-order valence-electron chi connectivity index (χ3n) is 6.36. The van der Waals surface area contributed by atoms with Crippen molar-refractivity contribution in [1.82, 2.24) is 24.9 Å². The number of aromatic amines is 1. The van der Waals surface area contributed by atoms with Crippen molar-refractivity contribution < 1.29 is 4.42 Å². The van der Waals surface area contributed by atoms with Gasteiger partial charge in [-0.2, -0.15) is 0 Å². The summed E-state index contributed by atoms with van der Waals surface area (Å²) in [6.07, 6.45) is 12.8. The molecule has 0 atom stereocenters. The Bertz CT molecular complexity index is 1400. The number of aromatic nitrogens is 5. The molecule has 0 fully saturated rings. The summed E-state index contributed by atoms with van der Waals surface area (Å²) in [5, 5.41) is 4.69. The number of anilines is 1. The van der Waals surface area contributed by atoms with Gasteiger partial charge in [-0.25, -0.2) is 19.9 Å². The van der Waals surface area contributed by atoms with Crippen LogP contribution in [0.25, 0.3) is 31.7 Å². The summed E-state index contributed by atoms with van der Waals surface area (Å²) in [6.45, 7) is 5.47. The van der Waals surface area contributed by atoms with Gasteiger partial charge < -0.3 is 14.7 Å². The molecule has 0 aromatic carbocycles. The Hall–Kier alpha value is -3.26. The monoisotopic (exact) mass is 444 g/mol. The molecule has 0 unspecified atom stereocenters. The summed E-state index contributed by atoms with van der Waals surface area (Å²) >= 11 is 1.67. The molecule has 1 aliphatic rings. The van der Waals surface area contributed by atoms with Crippen molar-refractivity contribution in [3.05, 3.63) is 54.3 Å². The summed E-state index contributed by atoms with van der Waals surface area (Å²) in [5.74, 6) is 0.867. The van der Waals surface area contributed by atoms with Crippen LogP contribution < -0.4 is 5.32 Å². The van der Waals surface area contributed by atoms with Crippen LogP contribution in [0, 0.1) is 5.41 Å². The normalized spacial score (nSPS) is 15.3. The van der Waals surface area contributed by atoms with Gasteiger partial charge in [-0.1, -0.05) is 13.8 Å². The average Bonchev–Trinajstić information content (AvgIpc) is 3.53. The van der Waals surface area contributed by atoms with E-state index in [1.165, 1.54) is 16.5 Å². The highest BCUT2D eigenvalue weighted by Crippen LogP contribution is 2.46. The van der Waals surface area contributed by atoms with E-state index < -0.39 is 0 Å². The summed E-state index contributed by atoms with van der Waals surface area (Å²) in [7, 11) is 0. The first-order valence-corrected chi connectivity index (χ1v) is 11.7. The molecule has 5 aromatic rings. The van der Waals surface area contributed by atoms with E-state index in [-0.39, 0.29) is 5.41 Å². The molecule has 8 heteroatoms. The van der Waals surface area contributed by atoms with Gasteiger partial charge in [0, 0.05) is 35.8 Å². The first kappa shape index (κ1) is 19.4. The lowest BCUT2D eigenvalue weighted by Crippen LogP contribution is -2.23. The average molecular weight is 445 g/mol. The third-order valence-corrected chi connectivity index (χ3v) is 7.44. The van der Waals surface area contributed by atoms with Crippen molar-refractivity contribution in [1.29, 1.82) is 0 Å². The van der Waals surface area contributed by atoms with Crippen molar-refractivity contribution in [2.45, 2.75) is 39.5 Å². The second kappa shape index (κ2) is 7.41. The molecule has 0 saturated heterocycles. The molecule has 7 nitrogen and oxygen atoms in total. The molecule has 0 spiro atoms. The van der Waals surface area contributed by atoms with Crippen molar-refractivity contribution >= 4 is 37.6 Å². The largest absolute Gasteiger partial charge is 0.472 e. The maximum Gasteiger partial charge on any atom is 0.147 e. The van der Waals surface area contributed by atoms with Gasteiger partial charge >= 0.3 is 0 Å². The Balaban J connectivity index is 1.50. The number of hydrogen-bond donors (Lipinski definition) is 2. The lowest BCUT2D eigenvalue weighted by Gasteiger charge is -2.32. The quantitative estimate of drug-likeness (QED) is 0.377. The summed E-state index contributed by atoms with van der Waals surface area (Å²) in [5.41, 5.74) is 7.17. The van der Waals surface area contributed by atoms with E-state index in [4.69, 9.17) is 14.4 Å². The van der Waals surface area contributed by atoms with Gasteiger partial charge in [0.1, 0.15) is 17.0 Å². The number of hydrogen-bond acceptors (Lipinski definition) is 7. The van der Waals surface area contributed by atoms with Gasteiger partial charge in [-0.3, -0.25) is 0 Å². The standard InChI is InChI=1S/C24H24N6OS/c1-24(2)6-3-16-17(9-24)18-20-21(32-23(18)30-19(16)14-5-8-31-11-14)22(29-13-28-20)26-7-4-15-10-25-12-27-15/h5,8,10-13H,3-4,6-7,9H2,1-2H3,(H,25,27)(H,26,28,29). The smallest absolute Gasteiger partial charge is 0.147 e. The maximum atomic E-state index is 5.39. The Morgan fingerprint density at radius 2 is 2.19 bits per heavy atom. The van der Waals surface area contributed by atoms with Crippen LogP contribution >= 0.6 is 11.3 Å². The first-order valence-electron chi connectivity index (χ1n) is 10.9. The number of fused-ring (bicyclic) bond motifs is 5. The van der Waals surface area contributed by atoms with Gasteiger partial charge in [0.05, 0.1) is 34.8 Å². The number of pyridine rings is 1. The minimum atomic E-state index is 0.251. The van der Waals surface area contributed by atoms with E-state index in [1.807, 2.05) is 12.3 Å². The molecule has 6 rings (SSSR count). The molecule has 2 N–H and O–H groups in total. The molecular weight excluding hydrogens is 420 g/mol. The highest BCUT2D eigenvalue weighted by atomic mass is 32.1. The van der Waals surface area contributed by atoms with Gasteiger partial charge in [0.25, 0.3) is 0 Å². The summed E-state index contributed by atoms with van der Waals surface area (Å²) in [4.78, 5) is 22.7. The molecule has 0 radical (unpaired) electrons. The minimum absolute atomic E-state index is 0.251. The fourth-order valence-electron chi connectivity index (χ4n) is 4.71. The fraction of sp³-hybridized carbons (Fsp3) is 0.333. The SMILES string of the molecule is CC1(C)CCc2c(-c3ccoc3)nc3sc4c(NCCc5cnc[nH]5)ncnc4c3c2C1. The van der Waals surface area contributed by atoms with Gasteiger partial charge in [-0.15, -0.1) is 11.3 Å². The van der Waals surface area contributed by atoms with Crippen LogP contribution in [0.15, 0.2) is 41.9 Å². The minimum Gasteiger partial charge on any atom is -0.472 e. The van der Waals surface area contributed by atoms with E-state index in [0.29, 0.717) is 0 Å². The van der Waals surface area contributed by atoms with Gasteiger partial charge in [0.2, 0.25) is 0 Å². The number of furan rings is 1. The predicted molar refractivity (Wildman–Crippen MR) is 127 cm³/mol. The number of nitrogens with one attached hydrogen (secondary N) is 2. The zero-order valence-electron chi connectivity index (χ0n) is 18.1. The Morgan fingerprint density at radius 3 is 3.00 bits per heavy atom. The molecular formula is C24H24N6OS. The molecule has 0 bridgehead atoms. The van der Waals surface area contributed by atoms with E-state index >= 15 is 0 Å². The summed E-state index contributed by atoms with van der Waals surface area (Å²) < 4.78 is 6.45. The molecule has 5 heterocycles. The first-order chi connectivity index (χ1) is 15.6. The van der Waals surface area contributed by atoms with Crippen LogP contribution in [-0.2, 0) is 19.3 Å². The number of thiophene rings is 1. The number of imidazole rings is 1. The fourth-order valence-corrected chi connectivity index (χ4v) is 5.83. The second-order valence-electron chi connectivity index (χ2n) is 9.21. The summed E-state index contributed by atoms with van der Waals surface area (Å²) in [6, 6.07) is 2.00. The van der Waals surface area contributed by atoms with Crippen molar-refractivity contribution in [3.8, 4) is 11.3 Å². The lowest BCUT2D eigenvalue weighted by molar-refractivity contribution is 0.317. The third kappa shape index (κ3) is 3.26. The molecule has 5 aromatic heterocycles. The molecule has 162 valence electrons. The topological polar surface area (TPSA) is 92.5 Å². The zero-order chi connectivity index (χ0) is 21.7. The predicted octanol–water partition coefficient (Wildman–Crippen LogP) is 5.39. The van der Waals surface area contributed by atoms with E-state index in [0.717, 1.165) is 70.0 Å². The van der Waals surface area contributed by atoms with Crippen LogP contribution in [0.4, 0.5) is 5.82 Å². The Morgan fingerprint density at radius 1 is 1.25 bits per heavy atom. The van der Waals surface area contributed by atoms with Crippen LogP contribution in [0.2, 0.25) is 0 Å². The molecule has 0 saturated carbocycles. The highest BCUT2D eigenvalue weighted by Gasteiger charge is 2.31. The van der Waals surface area contributed by atoms with Gasteiger partial charge in [0.15, 0.2) is 0 Å². The zero-order valence-corrected chi connectivity index (χ0v) is 18.9. The van der Waals surface area contributed by atoms with E-state index in [1.54, 1.807) is 36.5 Å². The Labute approximate surface area is 189 Å². The Kier molecular flexibility index (Phi) is 4.50. The van der Waals surface area contributed by atoms with Crippen molar-refractivity contribution in [3.63, 3.8) is 0 Å². The van der Waals surface area contributed by atoms with Crippen LogP contribution in [-0.4, -0.2) is 31.5 Å². The lowest BCUT2D eigenvalue weighted by atomic mass is 9.73. The van der Waals surface area contributed by atoms with Crippen LogP contribution in [0.1, 0.15) is 37.1 Å². The van der Waals surface area contributed by atoms with Crippen molar-refractivity contribution in [2.24, 2.45) is 5.41 Å². The van der Waals surface area contributed by atoms with Crippen LogP contribution in [0.5, 0.6) is 0 Å². The number of nitrogens with zero attached hydrogens (tertiary/aromatic N) is 4. The highest BCUT2D eigenvalue weighted by molar-refractivity contribution is 7.26. The van der Waals surface area contributed by atoms with Crippen molar-refractivity contribution in [2.75, 3.05) is 11.9 Å². The van der Waals surface area contributed by atoms with E-state index in [9.17, 15) is 0 Å². The maximum absolute atomic E-state index is 5.39. The van der Waals surface area contributed by atoms with E-state index in [2.05, 4.69) is 34.1 Å². The molecule has 32 heavy (non-hydrogen) atoms.